The Morgan fingerprint density at radius 2 is 1.82 bits per heavy atom. The Labute approximate surface area is 357 Å². The van der Waals surface area contributed by atoms with E-state index >= 15 is 0 Å². The van der Waals surface area contributed by atoms with Gasteiger partial charge in [0, 0.05) is 30.8 Å². The number of nitrogens with zero attached hydrogens (tertiary/aromatic N) is 6. The third-order valence-electron chi connectivity index (χ3n) is 7.33. The number of amides is 2. The lowest BCUT2D eigenvalue weighted by Gasteiger charge is -2.15. The van der Waals surface area contributed by atoms with Gasteiger partial charge in [0.2, 0.25) is 10.7 Å². The number of aryl methyl sites for hydroxylation is 1. The number of fused-ring (bicyclic) bond motifs is 1. The molecule has 2 amide bonds. The molecule has 22 nitrogen and oxygen atoms in total. The number of methoxy groups -OCH3 is 2. The predicted octanol–water partition coefficient (Wildman–Crippen LogP) is 2.94. The van der Waals surface area contributed by atoms with E-state index in [0.29, 0.717) is 22.8 Å². The molecule has 7 N–H and O–H groups in total. The summed E-state index contributed by atoms with van der Waals surface area (Å²) >= 11 is 8.89. The summed E-state index contributed by atoms with van der Waals surface area (Å²) in [6, 6.07) is 1.47. The van der Waals surface area contributed by atoms with Crippen LogP contribution in [0.5, 0.6) is 6.01 Å². The van der Waals surface area contributed by atoms with Gasteiger partial charge in [-0.3, -0.25) is 28.9 Å². The Bertz CT molecular complexity index is 2510. The molecule has 3 aromatic heterocycles. The number of nitrogens with one attached hydrogen (secondary N) is 2. The number of halogens is 2. The van der Waals surface area contributed by atoms with Crippen LogP contribution in [0.3, 0.4) is 0 Å². The molecule has 0 fully saturated rings. The summed E-state index contributed by atoms with van der Waals surface area (Å²) in [5.74, 6) is -3.46. The van der Waals surface area contributed by atoms with Crippen molar-refractivity contribution in [3.63, 3.8) is 0 Å². The number of anilines is 1. The van der Waals surface area contributed by atoms with E-state index in [4.69, 9.17) is 37.2 Å². The van der Waals surface area contributed by atoms with Crippen LogP contribution in [0.15, 0.2) is 43.2 Å². The largest absolute Gasteiger partial charge is 0.480 e. The first-order valence-electron chi connectivity index (χ1n) is 16.8. The third kappa shape index (κ3) is 15.1. The average molecular weight is 958 g/mol. The van der Waals surface area contributed by atoms with Crippen LogP contribution in [0.4, 0.5) is 20.8 Å². The first kappa shape index (κ1) is 49.6. The molecule has 328 valence electrons. The maximum atomic E-state index is 14.3. The number of carboxylic acid groups (broad SMARTS) is 2. The molecule has 0 radical (unpaired) electrons. The number of thiophene rings is 1. The molecule has 29 heteroatoms. The van der Waals surface area contributed by atoms with Gasteiger partial charge in [0.1, 0.15) is 33.1 Å². The molecule has 2 atom stereocenters. The van der Waals surface area contributed by atoms with Gasteiger partial charge in [0.15, 0.2) is 7.37 Å². The van der Waals surface area contributed by atoms with Crippen LogP contribution in [0.25, 0.3) is 0 Å². The number of aromatic carboxylic acids is 1. The van der Waals surface area contributed by atoms with E-state index in [1.165, 1.54) is 39.3 Å². The van der Waals surface area contributed by atoms with Crippen molar-refractivity contribution in [2.75, 3.05) is 38.1 Å². The minimum Gasteiger partial charge on any atom is -0.480 e. The van der Waals surface area contributed by atoms with Crippen LogP contribution < -0.4 is 30.2 Å². The number of ether oxygens (including phenoxy) is 2. The quantitative estimate of drug-likeness (QED) is 0.0637. The molecule has 4 aromatic rings. The van der Waals surface area contributed by atoms with Crippen molar-refractivity contribution in [1.29, 1.82) is 0 Å². The van der Waals surface area contributed by atoms with Crippen LogP contribution in [-0.2, 0) is 42.0 Å². The van der Waals surface area contributed by atoms with E-state index in [1.807, 2.05) is 0 Å². The second kappa shape index (κ2) is 22.2. The molecular formula is C31H38ClFN9O13PS4. The summed E-state index contributed by atoms with van der Waals surface area (Å²) in [5.41, 5.74) is 5.17. The van der Waals surface area contributed by atoms with Crippen LogP contribution in [0, 0.1) is 12.7 Å². The molecule has 4 heterocycles. The van der Waals surface area contributed by atoms with E-state index < -0.39 is 63.0 Å². The minimum atomic E-state index is -4.37. The molecule has 1 aliphatic rings. The van der Waals surface area contributed by atoms with Crippen molar-refractivity contribution in [2.24, 2.45) is 10.7 Å². The Morgan fingerprint density at radius 3 is 2.42 bits per heavy atom. The van der Waals surface area contributed by atoms with Crippen molar-refractivity contribution >= 4 is 99.0 Å². The SMILES string of the molecule is COC(=O)CSc1cc(/N=c2\sc(=O)n3n2CCCC3)c(F)cc1Cl.COc1nc(C)nc(NC(=O)NS(=O)(=O)c2ccsc2C(=O)O)n1.CP(=O)(O)CCC(N)C(=O)O. The lowest BCUT2D eigenvalue weighted by molar-refractivity contribution is -0.139. The maximum Gasteiger partial charge on any atom is 0.347 e. The first-order chi connectivity index (χ1) is 28.0. The number of esters is 1. The van der Waals surface area contributed by atoms with E-state index in [-0.39, 0.29) is 51.7 Å². The highest BCUT2D eigenvalue weighted by atomic mass is 35.5. The van der Waals surface area contributed by atoms with Crippen molar-refractivity contribution in [2.45, 2.75) is 55.1 Å². The highest BCUT2D eigenvalue weighted by Crippen LogP contribution is 2.36. The van der Waals surface area contributed by atoms with Gasteiger partial charge < -0.3 is 30.3 Å². The first-order valence-corrected chi connectivity index (χ1v) is 23.6. The van der Waals surface area contributed by atoms with Crippen LogP contribution in [0.1, 0.15) is 34.8 Å². The number of benzene rings is 1. The number of sulfonamides is 1. The van der Waals surface area contributed by atoms with E-state index in [2.05, 4.69) is 30.0 Å². The van der Waals surface area contributed by atoms with E-state index in [0.717, 1.165) is 59.4 Å². The number of aliphatic carboxylic acids is 1. The Morgan fingerprint density at radius 1 is 1.15 bits per heavy atom. The number of aromatic nitrogens is 5. The predicted molar refractivity (Wildman–Crippen MR) is 218 cm³/mol. The molecule has 1 aliphatic heterocycles. The average Bonchev–Trinajstić information content (AvgIpc) is 3.80. The molecule has 0 saturated carbocycles. The van der Waals surface area contributed by atoms with Gasteiger partial charge in [-0.15, -0.1) is 23.1 Å². The summed E-state index contributed by atoms with van der Waals surface area (Å²) in [6.07, 6.45) is 1.90. The van der Waals surface area contributed by atoms with Crippen molar-refractivity contribution in [1.82, 2.24) is 29.0 Å². The van der Waals surface area contributed by atoms with Gasteiger partial charge in [-0.1, -0.05) is 11.6 Å². The van der Waals surface area contributed by atoms with E-state index in [1.54, 1.807) is 14.1 Å². The Balaban J connectivity index is 0.000000259. The fourth-order valence-electron chi connectivity index (χ4n) is 4.51. The molecule has 0 spiro atoms. The lowest BCUT2D eigenvalue weighted by atomic mass is 10.2. The molecule has 5 rings (SSSR count). The number of carbonyl (C=O) groups excluding carboxylic acids is 2. The number of hydrogen-bond acceptors (Lipinski definition) is 18. The van der Waals surface area contributed by atoms with Gasteiger partial charge in [-0.05, 0) is 61.1 Å². The number of rotatable bonds is 13. The zero-order valence-electron chi connectivity index (χ0n) is 31.9. The number of thioether (sulfide) groups is 1. The Kier molecular flexibility index (Phi) is 18.3. The highest BCUT2D eigenvalue weighted by molar-refractivity contribution is 8.00. The van der Waals surface area contributed by atoms with E-state index in [9.17, 15) is 41.3 Å². The maximum absolute atomic E-state index is 14.3. The summed E-state index contributed by atoms with van der Waals surface area (Å²) in [4.78, 5) is 80.6. The zero-order valence-corrected chi connectivity index (χ0v) is 36.8. The van der Waals surface area contributed by atoms with Gasteiger partial charge in [-0.2, -0.15) is 15.0 Å². The smallest absolute Gasteiger partial charge is 0.347 e. The van der Waals surface area contributed by atoms with Gasteiger partial charge in [-0.25, -0.2) is 36.8 Å². The highest BCUT2D eigenvalue weighted by Gasteiger charge is 2.26. The standard InChI is InChI=1S/C15H15ClFN3O3S2.C11H11N5O6S2.C5H12NO4P/c1-23-13(21)8-24-12-7-11(10(17)6-9(12)16)18-14-19-4-2-3-5-20(19)15(22)25-14;1-5-12-9(15-11(13-5)22-2)14-10(19)16-24(20,21)6-3-4-23-7(6)8(17)18;1-11(9,10)3-2-4(6)5(7)8/h6-7H,2-5,8H2,1H3;3-4H,1-2H3,(H,17,18)(H2,12,13,14,15,16,19);4H,2-3,6H2,1H3,(H,7,8)(H,9,10)/b18-14-;;. The third-order valence-corrected chi connectivity index (χ3v) is 13.1. The second-order valence-corrected chi connectivity index (χ2v) is 19.5. The monoisotopic (exact) mass is 957 g/mol. The normalized spacial score (nSPS) is 13.8. The molecule has 0 bridgehead atoms. The second-order valence-electron chi connectivity index (χ2n) is 12.0. The number of carboxylic acids is 2. The molecule has 60 heavy (non-hydrogen) atoms. The molecule has 0 saturated heterocycles. The van der Waals surface area contributed by atoms with Crippen molar-refractivity contribution < 1.29 is 61.1 Å². The lowest BCUT2D eigenvalue weighted by Crippen LogP contribution is -2.35. The van der Waals surface area contributed by atoms with Crippen molar-refractivity contribution in [3.8, 4) is 6.01 Å². The van der Waals surface area contributed by atoms with Crippen LogP contribution in [0.2, 0.25) is 5.02 Å². The summed E-state index contributed by atoms with van der Waals surface area (Å²) in [7, 11) is -4.87. The molecule has 0 aliphatic carbocycles. The van der Waals surface area contributed by atoms with Gasteiger partial charge in [0.25, 0.3) is 10.0 Å². The van der Waals surface area contributed by atoms with Crippen LogP contribution >= 0.6 is 53.4 Å². The molecule has 2 unspecified atom stereocenters. The minimum absolute atomic E-state index is 0.0412. The van der Waals surface area contributed by atoms with Gasteiger partial charge in [0.05, 0.1) is 25.0 Å². The fraction of sp³-hybridized carbons (Fsp3) is 0.387. The number of hydrogen-bond donors (Lipinski definition) is 6. The topological polar surface area (TPSA) is 327 Å². The summed E-state index contributed by atoms with van der Waals surface area (Å²) in [6.45, 7) is 4.03. The fourth-order valence-corrected chi connectivity index (χ4v) is 9.42. The number of nitrogens with two attached hydrogens (primary N) is 1. The van der Waals surface area contributed by atoms with Gasteiger partial charge >= 0.3 is 34.8 Å². The Hall–Kier alpha value is -4.76. The van der Waals surface area contributed by atoms with Crippen molar-refractivity contribution in [3.05, 3.63) is 59.6 Å². The number of carbonyl (C=O) groups is 4. The summed E-state index contributed by atoms with van der Waals surface area (Å²) < 4.78 is 63.6. The van der Waals surface area contributed by atoms with Crippen LogP contribution in [-0.4, -0.2) is 111 Å². The molecule has 1 aromatic carbocycles. The number of urea groups is 1. The molecular weight excluding hydrogens is 920 g/mol. The summed E-state index contributed by atoms with van der Waals surface area (Å²) in [5, 5.41) is 20.8. The zero-order chi connectivity index (χ0) is 44.9.